The third-order valence-corrected chi connectivity index (χ3v) is 3.87. The van der Waals surface area contributed by atoms with Crippen molar-refractivity contribution in [2.45, 2.75) is 33.1 Å². The lowest BCUT2D eigenvalue weighted by Crippen LogP contribution is -2.29. The Morgan fingerprint density at radius 2 is 1.81 bits per heavy atom. The predicted octanol–water partition coefficient (Wildman–Crippen LogP) is 3.72. The van der Waals surface area contributed by atoms with Crippen LogP contribution >= 0.6 is 0 Å². The van der Waals surface area contributed by atoms with Gasteiger partial charge in [-0.1, -0.05) is 49.8 Å². The van der Waals surface area contributed by atoms with Crippen LogP contribution in [0, 0.1) is 5.41 Å². The van der Waals surface area contributed by atoms with E-state index in [0.29, 0.717) is 12.3 Å². The normalized spacial score (nSPS) is 24.1. The van der Waals surface area contributed by atoms with Gasteiger partial charge < -0.3 is 0 Å². The lowest BCUT2D eigenvalue weighted by atomic mass is 9.65. The molecule has 1 atom stereocenters. The van der Waals surface area contributed by atoms with E-state index in [-0.39, 0.29) is 11.2 Å². The van der Waals surface area contributed by atoms with Gasteiger partial charge in [0.1, 0.15) is 0 Å². The minimum Gasteiger partial charge on any atom is -0.295 e. The molecular formula is C15H18O. The fourth-order valence-corrected chi connectivity index (χ4v) is 2.44. The first kappa shape index (κ1) is 11.1. The van der Waals surface area contributed by atoms with Crippen LogP contribution in [-0.2, 0) is 4.79 Å². The van der Waals surface area contributed by atoms with E-state index in [1.165, 1.54) is 11.1 Å². The van der Waals surface area contributed by atoms with Gasteiger partial charge in [0.25, 0.3) is 0 Å². The zero-order valence-electron chi connectivity index (χ0n) is 10.2. The molecule has 1 aromatic carbocycles. The maximum Gasteiger partial charge on any atom is 0.156 e. The molecule has 0 fully saturated rings. The zero-order chi connectivity index (χ0) is 11.8. The third-order valence-electron chi connectivity index (χ3n) is 3.87. The SMILES string of the molecule is CC1=CC(=O)CC(c2ccccc2)C1(C)C. The van der Waals surface area contributed by atoms with E-state index in [4.69, 9.17) is 0 Å². The molecule has 0 aromatic heterocycles. The lowest BCUT2D eigenvalue weighted by molar-refractivity contribution is -0.116. The van der Waals surface area contributed by atoms with Crippen LogP contribution in [0.1, 0.15) is 38.7 Å². The molecule has 1 aliphatic carbocycles. The van der Waals surface area contributed by atoms with Gasteiger partial charge in [-0.25, -0.2) is 0 Å². The second-order valence-electron chi connectivity index (χ2n) is 5.18. The van der Waals surface area contributed by atoms with Crippen molar-refractivity contribution < 1.29 is 4.79 Å². The number of rotatable bonds is 1. The molecule has 1 unspecified atom stereocenters. The Bertz CT molecular complexity index is 426. The number of ketones is 1. The van der Waals surface area contributed by atoms with Gasteiger partial charge in [0.2, 0.25) is 0 Å². The van der Waals surface area contributed by atoms with Gasteiger partial charge >= 0.3 is 0 Å². The van der Waals surface area contributed by atoms with Gasteiger partial charge in [-0.15, -0.1) is 0 Å². The highest BCUT2D eigenvalue weighted by molar-refractivity contribution is 5.92. The first-order chi connectivity index (χ1) is 7.51. The molecule has 0 N–H and O–H groups in total. The number of allylic oxidation sites excluding steroid dienone is 2. The molecule has 0 aliphatic heterocycles. The highest BCUT2D eigenvalue weighted by atomic mass is 16.1. The molecule has 2 rings (SSSR count). The van der Waals surface area contributed by atoms with Crippen molar-refractivity contribution in [1.29, 1.82) is 0 Å². The summed E-state index contributed by atoms with van der Waals surface area (Å²) in [5.41, 5.74) is 2.54. The summed E-state index contributed by atoms with van der Waals surface area (Å²) in [6, 6.07) is 10.4. The molecule has 16 heavy (non-hydrogen) atoms. The average Bonchev–Trinajstić information content (AvgIpc) is 2.25. The first-order valence-corrected chi connectivity index (χ1v) is 5.78. The summed E-state index contributed by atoms with van der Waals surface area (Å²) in [6.07, 6.45) is 2.44. The predicted molar refractivity (Wildman–Crippen MR) is 66.3 cm³/mol. The summed E-state index contributed by atoms with van der Waals surface area (Å²) in [5.74, 6) is 0.567. The fourth-order valence-electron chi connectivity index (χ4n) is 2.44. The maximum atomic E-state index is 11.7. The Balaban J connectivity index is 2.43. The van der Waals surface area contributed by atoms with Crippen molar-refractivity contribution in [2.75, 3.05) is 0 Å². The molecule has 0 bridgehead atoms. The molecule has 1 aromatic rings. The minimum atomic E-state index is 0.0786. The quantitative estimate of drug-likeness (QED) is 0.696. The minimum absolute atomic E-state index is 0.0786. The Morgan fingerprint density at radius 3 is 2.44 bits per heavy atom. The molecule has 1 nitrogen and oxygen atoms in total. The van der Waals surface area contributed by atoms with Crippen molar-refractivity contribution in [2.24, 2.45) is 5.41 Å². The Kier molecular flexibility index (Phi) is 2.71. The number of hydrogen-bond acceptors (Lipinski definition) is 1. The highest BCUT2D eigenvalue weighted by Crippen LogP contribution is 2.46. The fraction of sp³-hybridized carbons (Fsp3) is 0.400. The van der Waals surface area contributed by atoms with Crippen LogP contribution in [0.2, 0.25) is 0 Å². The standard InChI is InChI=1S/C15H18O/c1-11-9-13(16)10-14(15(11,2)3)12-7-5-4-6-8-12/h4-9,14H,10H2,1-3H3. The van der Waals surface area contributed by atoms with Crippen molar-refractivity contribution in [3.8, 4) is 0 Å². The van der Waals surface area contributed by atoms with Crippen LogP contribution in [-0.4, -0.2) is 5.78 Å². The largest absolute Gasteiger partial charge is 0.295 e. The molecular weight excluding hydrogens is 196 g/mol. The average molecular weight is 214 g/mol. The van der Waals surface area contributed by atoms with Gasteiger partial charge in [0, 0.05) is 6.42 Å². The van der Waals surface area contributed by atoms with Crippen LogP contribution in [0.3, 0.4) is 0 Å². The van der Waals surface area contributed by atoms with Crippen molar-refractivity contribution in [1.82, 2.24) is 0 Å². The Hall–Kier alpha value is -1.37. The monoisotopic (exact) mass is 214 g/mol. The summed E-state index contributed by atoms with van der Waals surface area (Å²) in [7, 11) is 0. The molecule has 1 heteroatoms. The van der Waals surface area contributed by atoms with Gasteiger partial charge in [-0.05, 0) is 29.9 Å². The van der Waals surface area contributed by atoms with Gasteiger partial charge in [-0.2, -0.15) is 0 Å². The van der Waals surface area contributed by atoms with E-state index in [1.54, 1.807) is 6.08 Å². The van der Waals surface area contributed by atoms with E-state index < -0.39 is 0 Å². The van der Waals surface area contributed by atoms with E-state index in [9.17, 15) is 4.79 Å². The third kappa shape index (κ3) is 1.82. The van der Waals surface area contributed by atoms with Gasteiger partial charge in [-0.3, -0.25) is 4.79 Å². The molecule has 1 aliphatic rings. The summed E-state index contributed by atoms with van der Waals surface area (Å²) >= 11 is 0. The highest BCUT2D eigenvalue weighted by Gasteiger charge is 2.36. The van der Waals surface area contributed by atoms with Crippen LogP contribution in [0.15, 0.2) is 42.0 Å². The molecule has 0 radical (unpaired) electrons. The molecule has 0 heterocycles. The van der Waals surface area contributed by atoms with E-state index in [2.05, 4.69) is 32.9 Å². The van der Waals surface area contributed by atoms with Crippen LogP contribution < -0.4 is 0 Å². The van der Waals surface area contributed by atoms with Gasteiger partial charge in [0.05, 0.1) is 0 Å². The summed E-state index contributed by atoms with van der Waals surface area (Å²) in [6.45, 7) is 6.51. The molecule has 0 saturated carbocycles. The van der Waals surface area contributed by atoms with E-state index >= 15 is 0 Å². The molecule has 0 spiro atoms. The number of carbonyl (C=O) groups is 1. The zero-order valence-corrected chi connectivity index (χ0v) is 10.2. The number of hydrogen-bond donors (Lipinski definition) is 0. The summed E-state index contributed by atoms with van der Waals surface area (Å²) in [5, 5.41) is 0. The van der Waals surface area contributed by atoms with Crippen LogP contribution in [0.4, 0.5) is 0 Å². The molecule has 84 valence electrons. The summed E-state index contributed by atoms with van der Waals surface area (Å²) < 4.78 is 0. The summed E-state index contributed by atoms with van der Waals surface area (Å²) in [4.78, 5) is 11.7. The topological polar surface area (TPSA) is 17.1 Å². The Morgan fingerprint density at radius 1 is 1.19 bits per heavy atom. The second kappa shape index (κ2) is 3.89. The smallest absolute Gasteiger partial charge is 0.156 e. The van der Waals surface area contributed by atoms with Crippen molar-refractivity contribution in [3.63, 3.8) is 0 Å². The molecule has 0 amide bonds. The number of carbonyl (C=O) groups excluding carboxylic acids is 1. The van der Waals surface area contributed by atoms with Crippen molar-refractivity contribution >= 4 is 5.78 Å². The van der Waals surface area contributed by atoms with E-state index in [0.717, 1.165) is 0 Å². The van der Waals surface area contributed by atoms with Gasteiger partial charge in [0.15, 0.2) is 5.78 Å². The van der Waals surface area contributed by atoms with Crippen LogP contribution in [0.25, 0.3) is 0 Å². The van der Waals surface area contributed by atoms with E-state index in [1.807, 2.05) is 18.2 Å². The maximum absolute atomic E-state index is 11.7. The number of benzene rings is 1. The lowest BCUT2D eigenvalue weighted by Gasteiger charge is -2.38. The second-order valence-corrected chi connectivity index (χ2v) is 5.18. The first-order valence-electron chi connectivity index (χ1n) is 5.78. The van der Waals surface area contributed by atoms with Crippen LogP contribution in [0.5, 0.6) is 0 Å². The Labute approximate surface area is 97.2 Å². The molecule has 0 saturated heterocycles. The van der Waals surface area contributed by atoms with Crippen molar-refractivity contribution in [3.05, 3.63) is 47.5 Å².